The lowest BCUT2D eigenvalue weighted by Crippen LogP contribution is -1.89. The summed E-state index contributed by atoms with van der Waals surface area (Å²) in [7, 11) is 0. The Labute approximate surface area is 91.7 Å². The predicted molar refractivity (Wildman–Crippen MR) is 62.2 cm³/mol. The summed E-state index contributed by atoms with van der Waals surface area (Å²) in [6.07, 6.45) is 1.65. The second kappa shape index (κ2) is 3.63. The van der Waals surface area contributed by atoms with Crippen molar-refractivity contribution in [3.8, 4) is 10.6 Å². The Morgan fingerprint density at radius 1 is 1.36 bits per heavy atom. The second-order valence-electron chi connectivity index (χ2n) is 3.12. The molecule has 2 nitrogen and oxygen atoms in total. The number of hydrogen-bond donors (Lipinski definition) is 1. The van der Waals surface area contributed by atoms with E-state index >= 15 is 0 Å². The van der Waals surface area contributed by atoms with Crippen LogP contribution in [0.4, 0.5) is 0 Å². The van der Waals surface area contributed by atoms with Crippen LogP contribution in [0.15, 0.2) is 18.5 Å². The molecule has 0 spiro atoms. The molecule has 0 saturated carbocycles. The summed E-state index contributed by atoms with van der Waals surface area (Å²) in [6.45, 7) is 4.09. The number of aromatic amines is 1. The van der Waals surface area contributed by atoms with Crippen molar-refractivity contribution in [3.05, 3.63) is 33.5 Å². The summed E-state index contributed by atoms with van der Waals surface area (Å²) < 4.78 is 0.671. The van der Waals surface area contributed by atoms with Crippen LogP contribution < -0.4 is 0 Å². The molecule has 0 aliphatic heterocycles. The first-order chi connectivity index (χ1) is 6.68. The molecule has 0 bridgehead atoms. The lowest BCUT2D eigenvalue weighted by atomic mass is 10.2. The van der Waals surface area contributed by atoms with E-state index in [1.807, 2.05) is 6.92 Å². The number of H-pyrrole nitrogens is 1. The smallest absolute Gasteiger partial charge is 0.132 e. The zero-order valence-electron chi connectivity index (χ0n) is 8.00. The molecule has 0 saturated heterocycles. The van der Waals surface area contributed by atoms with Crippen LogP contribution in [0.1, 0.15) is 10.4 Å². The minimum absolute atomic E-state index is 0.671. The van der Waals surface area contributed by atoms with Crippen molar-refractivity contribution in [3.63, 3.8) is 0 Å². The Kier molecular flexibility index (Phi) is 2.48. The maximum atomic E-state index is 5.12. The number of aryl methyl sites for hydroxylation is 1. The molecule has 72 valence electrons. The van der Waals surface area contributed by atoms with Crippen molar-refractivity contribution in [2.45, 2.75) is 13.8 Å². The third-order valence-electron chi connectivity index (χ3n) is 2.07. The van der Waals surface area contributed by atoms with E-state index in [1.54, 1.807) is 17.7 Å². The highest BCUT2D eigenvalue weighted by Gasteiger charge is 2.05. The summed E-state index contributed by atoms with van der Waals surface area (Å²) in [4.78, 5) is 9.69. The number of nitrogens with zero attached hydrogens (tertiary/aromatic N) is 1. The zero-order valence-corrected chi connectivity index (χ0v) is 9.63. The van der Waals surface area contributed by atoms with E-state index < -0.39 is 0 Å². The molecule has 0 unspecified atom stereocenters. The highest BCUT2D eigenvalue weighted by molar-refractivity contribution is 7.71. The van der Waals surface area contributed by atoms with Crippen LogP contribution in [-0.2, 0) is 0 Å². The molecule has 0 aromatic carbocycles. The monoisotopic (exact) mass is 222 g/mol. The van der Waals surface area contributed by atoms with Gasteiger partial charge in [0.15, 0.2) is 0 Å². The molecule has 4 heteroatoms. The molecule has 0 fully saturated rings. The summed E-state index contributed by atoms with van der Waals surface area (Å²) in [5, 5.41) is 0. The van der Waals surface area contributed by atoms with Crippen LogP contribution in [0.3, 0.4) is 0 Å². The maximum Gasteiger partial charge on any atom is 0.132 e. The Morgan fingerprint density at radius 3 is 2.79 bits per heavy atom. The van der Waals surface area contributed by atoms with Crippen LogP contribution >= 0.6 is 23.6 Å². The van der Waals surface area contributed by atoms with Gasteiger partial charge in [0.05, 0.1) is 16.9 Å². The van der Waals surface area contributed by atoms with Crippen molar-refractivity contribution < 1.29 is 0 Å². The minimum atomic E-state index is 0.671. The summed E-state index contributed by atoms with van der Waals surface area (Å²) in [5.41, 5.74) is 2.13. The molecule has 2 aromatic heterocycles. The van der Waals surface area contributed by atoms with Gasteiger partial charge in [-0.1, -0.05) is 12.2 Å². The van der Waals surface area contributed by atoms with E-state index in [4.69, 9.17) is 12.2 Å². The fraction of sp³-hybridized carbons (Fsp3) is 0.200. The molecule has 0 aliphatic rings. The highest BCUT2D eigenvalue weighted by atomic mass is 32.1. The number of rotatable bonds is 1. The first-order valence-electron chi connectivity index (χ1n) is 4.29. The van der Waals surface area contributed by atoms with Crippen molar-refractivity contribution >= 4 is 23.6 Å². The lowest BCUT2D eigenvalue weighted by molar-refractivity contribution is 1.12. The predicted octanol–water partition coefficient (Wildman–Crippen LogP) is 3.48. The van der Waals surface area contributed by atoms with Gasteiger partial charge >= 0.3 is 0 Å². The molecule has 0 radical (unpaired) electrons. The fourth-order valence-electron chi connectivity index (χ4n) is 1.29. The second-order valence-corrected chi connectivity index (χ2v) is 4.79. The van der Waals surface area contributed by atoms with Gasteiger partial charge in [-0.2, -0.15) is 0 Å². The first kappa shape index (κ1) is 9.55. The molecule has 0 atom stereocenters. The summed E-state index contributed by atoms with van der Waals surface area (Å²) in [6, 6.07) is 4.21. The molecular formula is C10H10N2S2. The van der Waals surface area contributed by atoms with Crippen LogP contribution in [0.25, 0.3) is 10.6 Å². The van der Waals surface area contributed by atoms with Gasteiger partial charge in [0.25, 0.3) is 0 Å². The molecule has 0 amide bonds. The maximum absolute atomic E-state index is 5.12. The van der Waals surface area contributed by atoms with Gasteiger partial charge in [-0.25, -0.2) is 4.98 Å². The quantitative estimate of drug-likeness (QED) is 0.748. The van der Waals surface area contributed by atoms with Gasteiger partial charge in [0.2, 0.25) is 0 Å². The molecule has 1 N–H and O–H groups in total. The van der Waals surface area contributed by atoms with Gasteiger partial charge < -0.3 is 4.98 Å². The summed E-state index contributed by atoms with van der Waals surface area (Å²) in [5.74, 6) is 0. The Balaban J connectivity index is 2.63. The fourth-order valence-corrected chi connectivity index (χ4v) is 2.38. The average Bonchev–Trinajstić information content (AvgIpc) is 2.57. The summed E-state index contributed by atoms with van der Waals surface area (Å²) >= 11 is 6.88. The standard InChI is InChI=1S/C10H10N2S2/c1-6-3-4-8(14-6)9-7(2)10(13)12-5-11-9/h3-5H,1-2H3,(H,11,12,13). The van der Waals surface area contributed by atoms with Crippen LogP contribution in [0.2, 0.25) is 0 Å². The molecular weight excluding hydrogens is 212 g/mol. The highest BCUT2D eigenvalue weighted by Crippen LogP contribution is 2.27. The van der Waals surface area contributed by atoms with Crippen LogP contribution in [0.5, 0.6) is 0 Å². The lowest BCUT2D eigenvalue weighted by Gasteiger charge is -2.01. The Hall–Kier alpha value is -1.00. The number of aromatic nitrogens is 2. The Bertz CT molecular complexity index is 511. The SMILES string of the molecule is Cc1ccc(-c2[nH]cnc(=S)c2C)s1. The van der Waals surface area contributed by atoms with Crippen molar-refractivity contribution in [2.24, 2.45) is 0 Å². The molecule has 0 aliphatic carbocycles. The average molecular weight is 222 g/mol. The Morgan fingerprint density at radius 2 is 2.14 bits per heavy atom. The number of nitrogens with one attached hydrogen (secondary N) is 1. The van der Waals surface area contributed by atoms with Crippen molar-refractivity contribution in [1.82, 2.24) is 9.97 Å². The topological polar surface area (TPSA) is 28.7 Å². The van der Waals surface area contributed by atoms with E-state index in [2.05, 4.69) is 29.0 Å². The zero-order chi connectivity index (χ0) is 10.1. The van der Waals surface area contributed by atoms with Gasteiger partial charge in [0.1, 0.15) is 4.64 Å². The van der Waals surface area contributed by atoms with E-state index in [0.717, 1.165) is 11.3 Å². The normalized spacial score (nSPS) is 10.4. The van der Waals surface area contributed by atoms with Crippen molar-refractivity contribution in [1.29, 1.82) is 0 Å². The third-order valence-corrected chi connectivity index (χ3v) is 3.50. The number of thiophene rings is 1. The molecule has 2 heterocycles. The van der Waals surface area contributed by atoms with Gasteiger partial charge in [-0.15, -0.1) is 11.3 Å². The third kappa shape index (κ3) is 1.63. The van der Waals surface area contributed by atoms with Gasteiger partial charge in [-0.05, 0) is 26.0 Å². The molecule has 2 aromatic rings. The van der Waals surface area contributed by atoms with Crippen LogP contribution in [-0.4, -0.2) is 9.97 Å². The van der Waals surface area contributed by atoms with E-state index in [-0.39, 0.29) is 0 Å². The number of hydrogen-bond acceptors (Lipinski definition) is 3. The minimum Gasteiger partial charge on any atom is -0.345 e. The van der Waals surface area contributed by atoms with Gasteiger partial charge in [0, 0.05) is 10.4 Å². The van der Waals surface area contributed by atoms with E-state index in [1.165, 1.54) is 9.75 Å². The molecule has 14 heavy (non-hydrogen) atoms. The van der Waals surface area contributed by atoms with Crippen LogP contribution in [0, 0.1) is 18.5 Å². The first-order valence-corrected chi connectivity index (χ1v) is 5.52. The molecule has 2 rings (SSSR count). The van der Waals surface area contributed by atoms with Gasteiger partial charge in [-0.3, -0.25) is 0 Å². The van der Waals surface area contributed by atoms with E-state index in [9.17, 15) is 0 Å². The largest absolute Gasteiger partial charge is 0.345 e. The van der Waals surface area contributed by atoms with E-state index in [0.29, 0.717) is 4.64 Å². The van der Waals surface area contributed by atoms with Crippen molar-refractivity contribution in [2.75, 3.05) is 0 Å².